The number of aromatic nitrogens is 1. The van der Waals surface area contributed by atoms with E-state index in [1.807, 2.05) is 13.8 Å². The zero-order valence-electron chi connectivity index (χ0n) is 14.9. The molecule has 0 bridgehead atoms. The molecule has 0 aliphatic heterocycles. The van der Waals surface area contributed by atoms with Crippen molar-refractivity contribution in [3.8, 4) is 0 Å². The molecule has 0 amide bonds. The molecule has 0 radical (unpaired) electrons. The lowest BCUT2D eigenvalue weighted by atomic mass is 9.93. The third kappa shape index (κ3) is 6.32. The van der Waals surface area contributed by atoms with Gasteiger partial charge < -0.3 is 15.4 Å². The second-order valence-electron chi connectivity index (χ2n) is 6.89. The van der Waals surface area contributed by atoms with Gasteiger partial charge in [-0.1, -0.05) is 20.8 Å². The van der Waals surface area contributed by atoms with Crippen LogP contribution in [0.2, 0.25) is 0 Å². The highest BCUT2D eigenvalue weighted by Crippen LogP contribution is 2.24. The van der Waals surface area contributed by atoms with Crippen molar-refractivity contribution in [2.24, 2.45) is 4.99 Å². The first-order valence-corrected chi connectivity index (χ1v) is 8.58. The molecule has 0 unspecified atom stereocenters. The summed E-state index contributed by atoms with van der Waals surface area (Å²) in [6, 6.07) is 0. The van der Waals surface area contributed by atoms with Crippen molar-refractivity contribution in [3.05, 3.63) is 16.1 Å². The fraction of sp³-hybridized carbons (Fsp3) is 0.750. The van der Waals surface area contributed by atoms with E-state index in [0.717, 1.165) is 23.2 Å². The van der Waals surface area contributed by atoms with Gasteiger partial charge in [0.2, 0.25) is 0 Å². The number of hydrogen-bond donors (Lipinski definition) is 2. The molecule has 1 rings (SSSR count). The Kier molecular flexibility index (Phi) is 6.81. The summed E-state index contributed by atoms with van der Waals surface area (Å²) in [6.45, 7) is 14.8. The number of rotatable bonds is 6. The van der Waals surface area contributed by atoms with Crippen molar-refractivity contribution < 1.29 is 4.74 Å². The van der Waals surface area contributed by atoms with Crippen LogP contribution < -0.4 is 10.6 Å². The second-order valence-corrected chi connectivity index (χ2v) is 7.83. The van der Waals surface area contributed by atoms with Crippen LogP contribution in [-0.4, -0.2) is 36.7 Å². The first-order valence-electron chi connectivity index (χ1n) is 7.70. The SMILES string of the molecule is CCNC(=NCc1nc(C(C)(C)C)cs1)NCC(C)(C)OC. The number of ether oxygens (including phenoxy) is 1. The van der Waals surface area contributed by atoms with Crippen LogP contribution in [0.25, 0.3) is 0 Å². The highest BCUT2D eigenvalue weighted by atomic mass is 32.1. The quantitative estimate of drug-likeness (QED) is 0.623. The van der Waals surface area contributed by atoms with Crippen LogP contribution in [0, 0.1) is 0 Å². The molecule has 1 aromatic heterocycles. The first-order chi connectivity index (χ1) is 10.2. The number of nitrogens with zero attached hydrogens (tertiary/aromatic N) is 2. The van der Waals surface area contributed by atoms with E-state index in [4.69, 9.17) is 4.74 Å². The largest absolute Gasteiger partial charge is 0.377 e. The molecule has 0 saturated heterocycles. The van der Waals surface area contributed by atoms with Gasteiger partial charge in [0.15, 0.2) is 5.96 Å². The molecule has 0 saturated carbocycles. The van der Waals surface area contributed by atoms with E-state index < -0.39 is 0 Å². The van der Waals surface area contributed by atoms with Crippen LogP contribution in [0.5, 0.6) is 0 Å². The van der Waals surface area contributed by atoms with Gasteiger partial charge in [0, 0.05) is 31.0 Å². The number of thiazole rings is 1. The van der Waals surface area contributed by atoms with Crippen molar-refractivity contribution in [2.75, 3.05) is 20.2 Å². The van der Waals surface area contributed by atoms with E-state index in [9.17, 15) is 0 Å². The Balaban J connectivity index is 2.67. The maximum Gasteiger partial charge on any atom is 0.191 e. The molecule has 0 spiro atoms. The molecule has 0 aliphatic rings. The molecule has 126 valence electrons. The number of aliphatic imine (C=N–C) groups is 1. The van der Waals surface area contributed by atoms with Crippen LogP contribution in [0.15, 0.2) is 10.4 Å². The lowest BCUT2D eigenvalue weighted by Gasteiger charge is -2.24. The minimum absolute atomic E-state index is 0.0870. The molecule has 6 heteroatoms. The predicted octanol–water partition coefficient (Wildman–Crippen LogP) is 2.92. The fourth-order valence-corrected chi connectivity index (χ4v) is 2.53. The molecular weight excluding hydrogens is 296 g/mol. The van der Waals surface area contributed by atoms with Gasteiger partial charge in [-0.05, 0) is 20.8 Å². The van der Waals surface area contributed by atoms with Crippen LogP contribution in [0.1, 0.15) is 52.2 Å². The third-order valence-electron chi connectivity index (χ3n) is 3.27. The third-order valence-corrected chi connectivity index (χ3v) is 4.10. The average Bonchev–Trinajstić information content (AvgIpc) is 2.91. The summed E-state index contributed by atoms with van der Waals surface area (Å²) in [7, 11) is 1.72. The number of hydrogen-bond acceptors (Lipinski definition) is 4. The molecule has 0 atom stereocenters. The van der Waals surface area contributed by atoms with Gasteiger partial charge in [-0.3, -0.25) is 0 Å². The second kappa shape index (κ2) is 7.92. The zero-order chi connectivity index (χ0) is 16.8. The lowest BCUT2D eigenvalue weighted by molar-refractivity contribution is 0.0268. The number of guanidine groups is 1. The van der Waals surface area contributed by atoms with Gasteiger partial charge in [0.05, 0.1) is 17.8 Å². The number of nitrogens with one attached hydrogen (secondary N) is 2. The Bertz CT molecular complexity index is 489. The highest BCUT2D eigenvalue weighted by Gasteiger charge is 2.18. The van der Waals surface area contributed by atoms with Gasteiger partial charge in [0.1, 0.15) is 5.01 Å². The van der Waals surface area contributed by atoms with Gasteiger partial charge in [-0.25, -0.2) is 9.98 Å². The van der Waals surface area contributed by atoms with Crippen molar-refractivity contribution in [3.63, 3.8) is 0 Å². The molecule has 0 aromatic carbocycles. The molecule has 5 nitrogen and oxygen atoms in total. The normalized spacial score (nSPS) is 13.3. The maximum absolute atomic E-state index is 5.41. The van der Waals surface area contributed by atoms with Gasteiger partial charge in [-0.2, -0.15) is 0 Å². The van der Waals surface area contributed by atoms with Gasteiger partial charge in [-0.15, -0.1) is 11.3 Å². The summed E-state index contributed by atoms with van der Waals surface area (Å²) >= 11 is 1.67. The summed E-state index contributed by atoms with van der Waals surface area (Å²) in [5.41, 5.74) is 0.988. The summed E-state index contributed by atoms with van der Waals surface area (Å²) < 4.78 is 5.41. The highest BCUT2D eigenvalue weighted by molar-refractivity contribution is 7.09. The fourth-order valence-electron chi connectivity index (χ4n) is 1.59. The minimum atomic E-state index is -0.225. The Morgan fingerprint density at radius 2 is 1.95 bits per heavy atom. The summed E-state index contributed by atoms with van der Waals surface area (Å²) in [5, 5.41) is 9.72. The average molecular weight is 327 g/mol. The van der Waals surface area contributed by atoms with Crippen molar-refractivity contribution in [1.29, 1.82) is 0 Å². The topological polar surface area (TPSA) is 58.5 Å². The molecular formula is C16H30N4OS. The molecule has 1 aromatic rings. The Morgan fingerprint density at radius 1 is 1.27 bits per heavy atom. The van der Waals surface area contributed by atoms with Crippen LogP contribution >= 0.6 is 11.3 Å². The monoisotopic (exact) mass is 326 g/mol. The van der Waals surface area contributed by atoms with E-state index in [0.29, 0.717) is 13.1 Å². The van der Waals surface area contributed by atoms with E-state index >= 15 is 0 Å². The summed E-state index contributed by atoms with van der Waals surface area (Å²) in [4.78, 5) is 9.27. The smallest absolute Gasteiger partial charge is 0.191 e. The lowest BCUT2D eigenvalue weighted by Crippen LogP contribution is -2.45. The van der Waals surface area contributed by atoms with Crippen molar-refractivity contribution >= 4 is 17.3 Å². The van der Waals surface area contributed by atoms with E-state index in [-0.39, 0.29) is 11.0 Å². The van der Waals surface area contributed by atoms with Gasteiger partial charge >= 0.3 is 0 Å². The summed E-state index contributed by atoms with van der Waals surface area (Å²) in [6.07, 6.45) is 0. The maximum atomic E-state index is 5.41. The van der Waals surface area contributed by atoms with Crippen LogP contribution in [0.4, 0.5) is 0 Å². The predicted molar refractivity (Wildman–Crippen MR) is 94.7 cm³/mol. The molecule has 1 heterocycles. The standard InChI is InChI=1S/C16H30N4OS/c1-8-17-14(19-11-16(5,6)21-7)18-9-13-20-12(10-22-13)15(2,3)4/h10H,8-9,11H2,1-7H3,(H2,17,18,19). The van der Waals surface area contributed by atoms with Crippen molar-refractivity contribution in [2.45, 2.75) is 59.1 Å². The Hall–Kier alpha value is -1.14. The number of methoxy groups -OCH3 is 1. The van der Waals surface area contributed by atoms with E-state index in [2.05, 4.69) is 53.7 Å². The Morgan fingerprint density at radius 3 is 2.45 bits per heavy atom. The molecule has 2 N–H and O–H groups in total. The summed E-state index contributed by atoms with van der Waals surface area (Å²) in [5.74, 6) is 0.792. The molecule has 0 aliphatic carbocycles. The molecule has 0 fully saturated rings. The first kappa shape index (κ1) is 18.9. The van der Waals surface area contributed by atoms with E-state index in [1.165, 1.54) is 0 Å². The molecule has 22 heavy (non-hydrogen) atoms. The Labute approximate surface area is 138 Å². The van der Waals surface area contributed by atoms with E-state index in [1.54, 1.807) is 18.4 Å². The minimum Gasteiger partial charge on any atom is -0.377 e. The van der Waals surface area contributed by atoms with Gasteiger partial charge in [0.25, 0.3) is 0 Å². The zero-order valence-corrected chi connectivity index (χ0v) is 15.7. The van der Waals surface area contributed by atoms with Crippen LogP contribution in [0.3, 0.4) is 0 Å². The van der Waals surface area contributed by atoms with Crippen LogP contribution in [-0.2, 0) is 16.7 Å². The van der Waals surface area contributed by atoms with Crippen molar-refractivity contribution in [1.82, 2.24) is 15.6 Å².